The summed E-state index contributed by atoms with van der Waals surface area (Å²) in [5, 5.41) is 2.93. The van der Waals surface area contributed by atoms with Gasteiger partial charge in [-0.2, -0.15) is 0 Å². The van der Waals surface area contributed by atoms with Crippen molar-refractivity contribution >= 4 is 11.8 Å². The van der Waals surface area contributed by atoms with E-state index in [0.717, 1.165) is 31.6 Å². The minimum absolute atomic E-state index is 0.0264. The number of carbonyl (C=O) groups excluding carboxylic acids is 2. The summed E-state index contributed by atoms with van der Waals surface area (Å²) in [5.74, 6) is 0.860. The second kappa shape index (κ2) is 7.69. The molecular formula is C19H26N2O3. The van der Waals surface area contributed by atoms with E-state index in [2.05, 4.69) is 17.4 Å². The summed E-state index contributed by atoms with van der Waals surface area (Å²) in [6, 6.07) is 6.28. The molecule has 1 N–H and O–H groups in total. The Morgan fingerprint density at radius 2 is 2.08 bits per heavy atom. The Morgan fingerprint density at radius 3 is 2.92 bits per heavy atom. The summed E-state index contributed by atoms with van der Waals surface area (Å²) >= 11 is 0. The molecule has 1 aromatic carbocycles. The summed E-state index contributed by atoms with van der Waals surface area (Å²) in [6.45, 7) is 3.82. The van der Waals surface area contributed by atoms with Crippen LogP contribution < -0.4 is 10.1 Å². The third kappa shape index (κ3) is 4.08. The number of nitrogens with one attached hydrogen (secondary N) is 1. The molecule has 5 nitrogen and oxygen atoms in total. The predicted octanol–water partition coefficient (Wildman–Crippen LogP) is 1.93. The van der Waals surface area contributed by atoms with Crippen LogP contribution in [0.2, 0.25) is 0 Å². The summed E-state index contributed by atoms with van der Waals surface area (Å²) in [5.41, 5.74) is 2.83. The van der Waals surface area contributed by atoms with Crippen LogP contribution in [0.3, 0.4) is 0 Å². The minimum Gasteiger partial charge on any atom is -0.492 e. The molecule has 1 aromatic rings. The van der Waals surface area contributed by atoms with Crippen LogP contribution >= 0.6 is 0 Å². The number of hydrogen-bond acceptors (Lipinski definition) is 3. The SMILES string of the molecule is CC(=O)N1CCC[C@H](C(=O)NCCOc2ccc3c(c2)CCC3)C1. The highest BCUT2D eigenvalue weighted by Crippen LogP contribution is 2.25. The number of carbonyl (C=O) groups is 2. The van der Waals surface area contributed by atoms with Gasteiger partial charge in [0.25, 0.3) is 0 Å². The third-order valence-corrected chi connectivity index (χ3v) is 4.98. The second-order valence-corrected chi connectivity index (χ2v) is 6.73. The maximum atomic E-state index is 12.2. The van der Waals surface area contributed by atoms with Gasteiger partial charge in [-0.05, 0) is 55.4 Å². The van der Waals surface area contributed by atoms with Crippen molar-refractivity contribution in [1.29, 1.82) is 0 Å². The molecule has 0 bridgehead atoms. The number of aryl methyl sites for hydroxylation is 2. The van der Waals surface area contributed by atoms with Crippen molar-refractivity contribution in [2.45, 2.75) is 39.0 Å². The molecule has 0 spiro atoms. The molecule has 1 aliphatic heterocycles. The number of amides is 2. The lowest BCUT2D eigenvalue weighted by atomic mass is 9.97. The highest BCUT2D eigenvalue weighted by atomic mass is 16.5. The van der Waals surface area contributed by atoms with Crippen molar-refractivity contribution in [2.75, 3.05) is 26.2 Å². The average Bonchev–Trinajstić information content (AvgIpc) is 3.06. The van der Waals surface area contributed by atoms with Crippen LogP contribution in [0.25, 0.3) is 0 Å². The number of rotatable bonds is 5. The summed E-state index contributed by atoms with van der Waals surface area (Å²) < 4.78 is 5.75. The minimum atomic E-state index is -0.0948. The Bertz CT molecular complexity index is 615. The fraction of sp³-hybridized carbons (Fsp3) is 0.579. The van der Waals surface area contributed by atoms with Crippen molar-refractivity contribution in [3.8, 4) is 5.75 Å². The van der Waals surface area contributed by atoms with Crippen LogP contribution in [-0.4, -0.2) is 43.0 Å². The van der Waals surface area contributed by atoms with Crippen LogP contribution in [0.15, 0.2) is 18.2 Å². The molecule has 3 rings (SSSR count). The first-order valence-electron chi connectivity index (χ1n) is 8.91. The quantitative estimate of drug-likeness (QED) is 0.839. The van der Waals surface area contributed by atoms with Crippen LogP contribution in [0, 0.1) is 5.92 Å². The van der Waals surface area contributed by atoms with Crippen molar-refractivity contribution < 1.29 is 14.3 Å². The molecule has 0 unspecified atom stereocenters. The van der Waals surface area contributed by atoms with Gasteiger partial charge in [-0.15, -0.1) is 0 Å². The van der Waals surface area contributed by atoms with Gasteiger partial charge in [0.15, 0.2) is 0 Å². The number of ether oxygens (including phenoxy) is 1. The molecule has 1 aliphatic carbocycles. The molecule has 2 amide bonds. The Kier molecular flexibility index (Phi) is 5.38. The Balaban J connectivity index is 1.40. The van der Waals surface area contributed by atoms with E-state index in [4.69, 9.17) is 4.74 Å². The Hall–Kier alpha value is -2.04. The molecule has 1 atom stereocenters. The second-order valence-electron chi connectivity index (χ2n) is 6.73. The Morgan fingerprint density at radius 1 is 1.25 bits per heavy atom. The lowest BCUT2D eigenvalue weighted by Gasteiger charge is -2.31. The highest BCUT2D eigenvalue weighted by molar-refractivity contribution is 5.80. The topological polar surface area (TPSA) is 58.6 Å². The van der Waals surface area contributed by atoms with Crippen LogP contribution in [0.1, 0.15) is 37.3 Å². The van der Waals surface area contributed by atoms with Gasteiger partial charge in [0.1, 0.15) is 12.4 Å². The zero-order valence-electron chi connectivity index (χ0n) is 14.3. The smallest absolute Gasteiger partial charge is 0.225 e. The lowest BCUT2D eigenvalue weighted by molar-refractivity contribution is -0.134. The van der Waals surface area contributed by atoms with E-state index in [1.54, 1.807) is 11.8 Å². The fourth-order valence-corrected chi connectivity index (χ4v) is 3.60. The Labute approximate surface area is 143 Å². The third-order valence-electron chi connectivity index (χ3n) is 4.98. The van der Waals surface area contributed by atoms with E-state index in [0.29, 0.717) is 19.7 Å². The molecule has 2 aliphatic rings. The highest BCUT2D eigenvalue weighted by Gasteiger charge is 2.26. The standard InChI is InChI=1S/C19H26N2O3/c1-14(22)21-10-3-6-17(13-21)19(23)20-9-11-24-18-8-7-15-4-2-5-16(15)12-18/h7-8,12,17H,2-6,9-11,13H2,1H3,(H,20,23)/t17-/m0/s1. The molecular weight excluding hydrogens is 304 g/mol. The molecule has 1 fully saturated rings. The molecule has 1 heterocycles. The van der Waals surface area contributed by atoms with Crippen molar-refractivity contribution in [1.82, 2.24) is 10.2 Å². The van der Waals surface area contributed by atoms with E-state index < -0.39 is 0 Å². The first kappa shape index (κ1) is 16.8. The number of likely N-dealkylation sites (tertiary alicyclic amines) is 1. The lowest BCUT2D eigenvalue weighted by Crippen LogP contribution is -2.45. The maximum Gasteiger partial charge on any atom is 0.225 e. The molecule has 0 radical (unpaired) electrons. The number of fused-ring (bicyclic) bond motifs is 1. The van der Waals surface area contributed by atoms with Crippen LogP contribution in [0.5, 0.6) is 5.75 Å². The monoisotopic (exact) mass is 330 g/mol. The van der Waals surface area contributed by atoms with Gasteiger partial charge in [-0.1, -0.05) is 6.07 Å². The van der Waals surface area contributed by atoms with E-state index in [1.807, 2.05) is 6.07 Å². The largest absolute Gasteiger partial charge is 0.492 e. The maximum absolute atomic E-state index is 12.2. The van der Waals surface area contributed by atoms with Crippen molar-refractivity contribution in [2.24, 2.45) is 5.92 Å². The van der Waals surface area contributed by atoms with E-state index >= 15 is 0 Å². The average molecular weight is 330 g/mol. The number of piperidine rings is 1. The number of nitrogens with zero attached hydrogens (tertiary/aromatic N) is 1. The summed E-state index contributed by atoms with van der Waals surface area (Å²) in [6.07, 6.45) is 5.28. The van der Waals surface area contributed by atoms with Gasteiger partial charge >= 0.3 is 0 Å². The zero-order chi connectivity index (χ0) is 16.9. The van der Waals surface area contributed by atoms with Gasteiger partial charge in [-0.25, -0.2) is 0 Å². The molecule has 0 aromatic heterocycles. The molecule has 24 heavy (non-hydrogen) atoms. The van der Waals surface area contributed by atoms with E-state index in [9.17, 15) is 9.59 Å². The first-order chi connectivity index (χ1) is 11.6. The van der Waals surface area contributed by atoms with Gasteiger partial charge in [-0.3, -0.25) is 9.59 Å². The zero-order valence-corrected chi connectivity index (χ0v) is 14.3. The molecule has 0 saturated carbocycles. The van der Waals surface area contributed by atoms with Gasteiger partial charge < -0.3 is 15.0 Å². The van der Waals surface area contributed by atoms with Crippen molar-refractivity contribution in [3.63, 3.8) is 0 Å². The van der Waals surface area contributed by atoms with E-state index in [-0.39, 0.29) is 17.7 Å². The van der Waals surface area contributed by atoms with Crippen LogP contribution in [-0.2, 0) is 22.4 Å². The fourth-order valence-electron chi connectivity index (χ4n) is 3.60. The van der Waals surface area contributed by atoms with Gasteiger partial charge in [0.2, 0.25) is 11.8 Å². The van der Waals surface area contributed by atoms with Gasteiger partial charge in [0.05, 0.1) is 12.5 Å². The molecule has 1 saturated heterocycles. The molecule has 130 valence electrons. The van der Waals surface area contributed by atoms with E-state index in [1.165, 1.54) is 24.0 Å². The summed E-state index contributed by atoms with van der Waals surface area (Å²) in [4.78, 5) is 25.4. The number of hydrogen-bond donors (Lipinski definition) is 1. The number of benzene rings is 1. The summed E-state index contributed by atoms with van der Waals surface area (Å²) in [7, 11) is 0. The predicted molar refractivity (Wildman–Crippen MR) is 91.9 cm³/mol. The van der Waals surface area contributed by atoms with Crippen LogP contribution in [0.4, 0.5) is 0 Å². The molecule has 5 heteroatoms. The normalized spacial score (nSPS) is 19.7. The first-order valence-corrected chi connectivity index (χ1v) is 8.91. The van der Waals surface area contributed by atoms with Crippen molar-refractivity contribution in [3.05, 3.63) is 29.3 Å². The van der Waals surface area contributed by atoms with Gasteiger partial charge in [0, 0.05) is 20.0 Å².